The van der Waals surface area contributed by atoms with E-state index in [2.05, 4.69) is 36.4 Å². The fraction of sp³-hybridized carbons (Fsp3) is 0.750. The summed E-state index contributed by atoms with van der Waals surface area (Å²) in [6.45, 7) is 7.35. The van der Waals surface area contributed by atoms with Crippen LogP contribution in [0.2, 0.25) is 0 Å². The first-order valence-electron chi connectivity index (χ1n) is 8.08. The van der Waals surface area contributed by atoms with E-state index in [1.807, 2.05) is 0 Å². The Kier molecular flexibility index (Phi) is 5.79. The highest BCUT2D eigenvalue weighted by Gasteiger charge is 2.29. The van der Waals surface area contributed by atoms with Crippen LogP contribution in [-0.2, 0) is 11.2 Å². The highest BCUT2D eigenvalue weighted by molar-refractivity contribution is 5.57. The Morgan fingerprint density at radius 2 is 1.86 bits per heavy atom. The van der Waals surface area contributed by atoms with Crippen LogP contribution < -0.4 is 10.6 Å². The van der Waals surface area contributed by atoms with Gasteiger partial charge in [-0.25, -0.2) is 9.97 Å². The summed E-state index contributed by atoms with van der Waals surface area (Å²) < 4.78 is 5.34. The summed E-state index contributed by atoms with van der Waals surface area (Å²) in [6.07, 6.45) is 5.58. The fourth-order valence-corrected chi connectivity index (χ4v) is 2.52. The van der Waals surface area contributed by atoms with Gasteiger partial charge in [0, 0.05) is 31.7 Å². The van der Waals surface area contributed by atoms with Crippen molar-refractivity contribution in [3.8, 4) is 0 Å². The molecule has 1 aliphatic rings. The van der Waals surface area contributed by atoms with E-state index < -0.39 is 0 Å². The number of anilines is 2. The predicted octanol–water partition coefficient (Wildman–Crippen LogP) is 3.15. The van der Waals surface area contributed by atoms with Gasteiger partial charge in [0.2, 0.25) is 0 Å². The van der Waals surface area contributed by atoms with E-state index >= 15 is 0 Å². The van der Waals surface area contributed by atoms with E-state index in [0.29, 0.717) is 12.1 Å². The van der Waals surface area contributed by atoms with E-state index in [1.165, 1.54) is 0 Å². The van der Waals surface area contributed by atoms with Crippen molar-refractivity contribution in [2.45, 2.75) is 65.0 Å². The maximum Gasteiger partial charge on any atom is 0.134 e. The van der Waals surface area contributed by atoms with Crippen molar-refractivity contribution in [3.63, 3.8) is 0 Å². The Morgan fingerprint density at radius 3 is 2.48 bits per heavy atom. The van der Waals surface area contributed by atoms with Gasteiger partial charge in [-0.05, 0) is 32.6 Å². The van der Waals surface area contributed by atoms with Gasteiger partial charge in [-0.1, -0.05) is 13.8 Å². The number of hydrogen-bond acceptors (Lipinski definition) is 5. The zero-order valence-electron chi connectivity index (χ0n) is 13.7. The minimum atomic E-state index is 0.400. The van der Waals surface area contributed by atoms with E-state index in [9.17, 15) is 0 Å². The average Bonchev–Trinajstić information content (AvgIpc) is 2.43. The summed E-state index contributed by atoms with van der Waals surface area (Å²) in [5.74, 6) is 2.87. The maximum atomic E-state index is 5.34. The van der Waals surface area contributed by atoms with Crippen molar-refractivity contribution in [2.75, 3.05) is 24.3 Å². The second-order valence-electron chi connectivity index (χ2n) is 5.81. The number of ether oxygens (including phenoxy) is 1. The Hall–Kier alpha value is -1.36. The van der Waals surface area contributed by atoms with Crippen molar-refractivity contribution in [1.82, 2.24) is 9.97 Å². The van der Waals surface area contributed by atoms with Crippen LogP contribution >= 0.6 is 0 Å². The third-order valence-corrected chi connectivity index (χ3v) is 3.98. The van der Waals surface area contributed by atoms with Crippen LogP contribution in [0.4, 0.5) is 11.6 Å². The quantitative estimate of drug-likeness (QED) is 0.771. The summed E-state index contributed by atoms with van der Waals surface area (Å²) in [7, 11) is 1.78. The van der Waals surface area contributed by atoms with Gasteiger partial charge in [0.15, 0.2) is 0 Å². The topological polar surface area (TPSA) is 59.1 Å². The van der Waals surface area contributed by atoms with Gasteiger partial charge in [-0.3, -0.25) is 0 Å². The van der Waals surface area contributed by atoms with Crippen molar-refractivity contribution >= 4 is 11.6 Å². The molecule has 2 N–H and O–H groups in total. The van der Waals surface area contributed by atoms with Crippen LogP contribution in [0.15, 0.2) is 0 Å². The molecule has 5 heteroatoms. The summed E-state index contributed by atoms with van der Waals surface area (Å²) in [5, 5.41) is 6.97. The SMILES string of the molecule is CCCNc1nc(CCC)nc(NC2CC(OC)C2)c1C. The van der Waals surface area contributed by atoms with Gasteiger partial charge in [0.05, 0.1) is 6.10 Å². The molecule has 0 radical (unpaired) electrons. The smallest absolute Gasteiger partial charge is 0.134 e. The van der Waals surface area contributed by atoms with Crippen LogP contribution in [0, 0.1) is 6.92 Å². The van der Waals surface area contributed by atoms with E-state index in [-0.39, 0.29) is 0 Å². The Labute approximate surface area is 127 Å². The molecule has 1 saturated carbocycles. The highest BCUT2D eigenvalue weighted by Crippen LogP contribution is 2.28. The summed E-state index contributed by atoms with van der Waals surface area (Å²) in [5.41, 5.74) is 1.11. The van der Waals surface area contributed by atoms with Gasteiger partial charge in [0.1, 0.15) is 17.5 Å². The molecule has 1 fully saturated rings. The van der Waals surface area contributed by atoms with E-state index in [1.54, 1.807) is 7.11 Å². The van der Waals surface area contributed by atoms with E-state index in [0.717, 1.165) is 61.7 Å². The number of aromatic nitrogens is 2. The van der Waals surface area contributed by atoms with Crippen LogP contribution in [0.1, 0.15) is 50.9 Å². The first-order chi connectivity index (χ1) is 10.2. The maximum absolute atomic E-state index is 5.34. The lowest BCUT2D eigenvalue weighted by molar-refractivity contribution is 0.0327. The van der Waals surface area contributed by atoms with Crippen LogP contribution in [0.25, 0.3) is 0 Å². The zero-order chi connectivity index (χ0) is 15.2. The second kappa shape index (κ2) is 7.59. The second-order valence-corrected chi connectivity index (χ2v) is 5.81. The van der Waals surface area contributed by atoms with E-state index in [4.69, 9.17) is 9.72 Å². The third-order valence-electron chi connectivity index (χ3n) is 3.98. The lowest BCUT2D eigenvalue weighted by Gasteiger charge is -2.35. The number of nitrogens with zero attached hydrogens (tertiary/aromatic N) is 2. The third kappa shape index (κ3) is 4.06. The summed E-state index contributed by atoms with van der Waals surface area (Å²) in [6, 6.07) is 0.469. The largest absolute Gasteiger partial charge is 0.381 e. The normalized spacial score (nSPS) is 21.0. The molecule has 0 saturated heterocycles. The molecule has 21 heavy (non-hydrogen) atoms. The Morgan fingerprint density at radius 1 is 1.14 bits per heavy atom. The first-order valence-corrected chi connectivity index (χ1v) is 8.08. The molecule has 0 aromatic carbocycles. The molecule has 5 nitrogen and oxygen atoms in total. The van der Waals surface area contributed by atoms with Crippen molar-refractivity contribution in [2.24, 2.45) is 0 Å². The van der Waals surface area contributed by atoms with Crippen molar-refractivity contribution < 1.29 is 4.74 Å². The summed E-state index contributed by atoms with van der Waals surface area (Å²) in [4.78, 5) is 9.36. The Bertz CT molecular complexity index is 458. The minimum absolute atomic E-state index is 0.400. The summed E-state index contributed by atoms with van der Waals surface area (Å²) >= 11 is 0. The zero-order valence-corrected chi connectivity index (χ0v) is 13.7. The molecule has 0 amide bonds. The molecule has 0 bridgehead atoms. The molecule has 0 spiro atoms. The first kappa shape index (κ1) is 16.0. The van der Waals surface area contributed by atoms with Gasteiger partial charge in [0.25, 0.3) is 0 Å². The standard InChI is InChI=1S/C16H28N4O/c1-5-7-14-19-15(17-8-6-2)11(3)16(20-14)18-12-9-13(10-12)21-4/h12-13H,5-10H2,1-4H3,(H2,17,18,19,20). The molecular weight excluding hydrogens is 264 g/mol. The number of hydrogen-bond donors (Lipinski definition) is 2. The van der Waals surface area contributed by atoms with Gasteiger partial charge in [-0.15, -0.1) is 0 Å². The Balaban J connectivity index is 2.11. The molecule has 1 aliphatic carbocycles. The lowest BCUT2D eigenvalue weighted by atomic mass is 9.89. The van der Waals surface area contributed by atoms with Crippen molar-refractivity contribution in [3.05, 3.63) is 11.4 Å². The van der Waals surface area contributed by atoms with Gasteiger partial charge < -0.3 is 15.4 Å². The van der Waals surface area contributed by atoms with Gasteiger partial charge in [-0.2, -0.15) is 0 Å². The number of nitrogens with one attached hydrogen (secondary N) is 2. The highest BCUT2D eigenvalue weighted by atomic mass is 16.5. The molecule has 118 valence electrons. The number of aryl methyl sites for hydroxylation is 1. The molecule has 0 atom stereocenters. The molecule has 2 rings (SSSR count). The molecular formula is C16H28N4O. The predicted molar refractivity (Wildman–Crippen MR) is 87.0 cm³/mol. The van der Waals surface area contributed by atoms with Crippen LogP contribution in [-0.4, -0.2) is 35.8 Å². The monoisotopic (exact) mass is 292 g/mol. The fourth-order valence-electron chi connectivity index (χ4n) is 2.52. The number of rotatable bonds is 8. The van der Waals surface area contributed by atoms with Gasteiger partial charge >= 0.3 is 0 Å². The minimum Gasteiger partial charge on any atom is -0.381 e. The van der Waals surface area contributed by atoms with Crippen LogP contribution in [0.3, 0.4) is 0 Å². The van der Waals surface area contributed by atoms with Crippen molar-refractivity contribution in [1.29, 1.82) is 0 Å². The molecule has 0 unspecified atom stereocenters. The van der Waals surface area contributed by atoms with Crippen LogP contribution in [0.5, 0.6) is 0 Å². The lowest BCUT2D eigenvalue weighted by Crippen LogP contribution is -2.40. The number of methoxy groups -OCH3 is 1. The molecule has 1 aromatic rings. The molecule has 1 heterocycles. The average molecular weight is 292 g/mol. The molecule has 0 aliphatic heterocycles. The molecule has 1 aromatic heterocycles.